The molecule has 0 bridgehead atoms. The fraction of sp³-hybridized carbons (Fsp3) is 0.136. The zero-order chi connectivity index (χ0) is 19.8. The highest BCUT2D eigenvalue weighted by Crippen LogP contribution is 2.23. The first-order valence-corrected chi connectivity index (χ1v) is 9.29. The molecular weight excluding hydrogens is 372 g/mol. The molecule has 0 saturated carbocycles. The molecule has 4 rings (SSSR count). The van der Waals surface area contributed by atoms with Crippen LogP contribution in [0.4, 0.5) is 5.69 Å². The lowest BCUT2D eigenvalue weighted by Crippen LogP contribution is -2.19. The second-order valence-corrected chi connectivity index (χ2v) is 7.04. The predicted octanol–water partition coefficient (Wildman–Crippen LogP) is 4.75. The average Bonchev–Trinajstić information content (AvgIpc) is 2.90. The van der Waals surface area contributed by atoms with Gasteiger partial charge in [0, 0.05) is 24.2 Å². The summed E-state index contributed by atoms with van der Waals surface area (Å²) in [6.45, 7) is 3.87. The molecule has 28 heavy (non-hydrogen) atoms. The van der Waals surface area contributed by atoms with E-state index in [9.17, 15) is 4.79 Å². The first kappa shape index (κ1) is 18.2. The lowest BCUT2D eigenvalue weighted by Gasteiger charge is -2.07. The van der Waals surface area contributed by atoms with E-state index in [-0.39, 0.29) is 5.56 Å². The minimum absolute atomic E-state index is 0.178. The van der Waals surface area contributed by atoms with Crippen LogP contribution < -0.4 is 5.56 Å². The first-order chi connectivity index (χ1) is 13.5. The predicted molar refractivity (Wildman–Crippen MR) is 114 cm³/mol. The van der Waals surface area contributed by atoms with Gasteiger partial charge >= 0.3 is 0 Å². The van der Waals surface area contributed by atoms with E-state index in [1.54, 1.807) is 15.6 Å². The van der Waals surface area contributed by atoms with Crippen LogP contribution in [0.1, 0.15) is 16.8 Å². The van der Waals surface area contributed by atoms with Gasteiger partial charge in [-0.1, -0.05) is 48.0 Å². The van der Waals surface area contributed by atoms with Gasteiger partial charge in [-0.25, -0.2) is 14.7 Å². The fourth-order valence-electron chi connectivity index (χ4n) is 3.27. The minimum atomic E-state index is -0.178. The normalized spacial score (nSPS) is 11.6. The number of hydrogen-bond acceptors (Lipinski definition) is 3. The standard InChI is InChI=1S/C22H19ClN4O/c1-14-8-7-9-16-12-17(21(23)25-19(14)16)13-24-20-15(2)26(3)27(22(20)28)18-10-5-4-6-11-18/h4-13H,1-3H3. The Morgan fingerprint density at radius 2 is 1.82 bits per heavy atom. The van der Waals surface area contributed by atoms with E-state index in [2.05, 4.69) is 9.98 Å². The number of aliphatic imine (C=N–C) groups is 1. The monoisotopic (exact) mass is 390 g/mol. The van der Waals surface area contributed by atoms with E-state index in [0.717, 1.165) is 27.8 Å². The number of fused-ring (bicyclic) bond motifs is 1. The molecule has 0 aliphatic rings. The molecule has 2 aromatic heterocycles. The minimum Gasteiger partial charge on any atom is -0.283 e. The van der Waals surface area contributed by atoms with Crippen molar-refractivity contribution >= 4 is 34.4 Å². The van der Waals surface area contributed by atoms with Gasteiger partial charge in [-0.2, -0.15) is 0 Å². The van der Waals surface area contributed by atoms with Crippen LogP contribution in [0.2, 0.25) is 5.15 Å². The molecule has 0 amide bonds. The largest absolute Gasteiger partial charge is 0.297 e. The summed E-state index contributed by atoms with van der Waals surface area (Å²) < 4.78 is 3.40. The van der Waals surface area contributed by atoms with Gasteiger partial charge in [0.1, 0.15) is 5.15 Å². The summed E-state index contributed by atoms with van der Waals surface area (Å²) in [6.07, 6.45) is 1.61. The highest BCUT2D eigenvalue weighted by molar-refractivity contribution is 6.32. The molecule has 2 heterocycles. The Morgan fingerprint density at radius 3 is 2.57 bits per heavy atom. The van der Waals surface area contributed by atoms with Gasteiger partial charge in [-0.3, -0.25) is 9.48 Å². The number of para-hydroxylation sites is 2. The Labute approximate surface area is 167 Å². The number of benzene rings is 2. The van der Waals surface area contributed by atoms with Crippen molar-refractivity contribution in [3.05, 3.63) is 86.9 Å². The number of aromatic nitrogens is 3. The van der Waals surface area contributed by atoms with Crippen molar-refractivity contribution in [2.75, 3.05) is 0 Å². The van der Waals surface area contributed by atoms with Gasteiger partial charge < -0.3 is 0 Å². The maximum atomic E-state index is 13.0. The Bertz CT molecular complexity index is 1270. The van der Waals surface area contributed by atoms with Crippen LogP contribution in [0.5, 0.6) is 0 Å². The number of nitrogens with zero attached hydrogens (tertiary/aromatic N) is 4. The summed E-state index contributed by atoms with van der Waals surface area (Å²) in [6, 6.07) is 17.4. The molecule has 0 unspecified atom stereocenters. The first-order valence-electron chi connectivity index (χ1n) is 8.91. The molecular formula is C22H19ClN4O. The fourth-order valence-corrected chi connectivity index (χ4v) is 3.46. The number of pyridine rings is 1. The van der Waals surface area contributed by atoms with Crippen LogP contribution in [0, 0.1) is 13.8 Å². The average molecular weight is 391 g/mol. The van der Waals surface area contributed by atoms with E-state index in [4.69, 9.17) is 11.6 Å². The number of rotatable bonds is 3. The van der Waals surface area contributed by atoms with E-state index in [1.807, 2.05) is 75.5 Å². The number of aryl methyl sites for hydroxylation is 1. The molecule has 0 atom stereocenters. The maximum absolute atomic E-state index is 13.0. The highest BCUT2D eigenvalue weighted by Gasteiger charge is 2.15. The van der Waals surface area contributed by atoms with Gasteiger partial charge in [0.05, 0.1) is 16.9 Å². The third kappa shape index (κ3) is 3.04. The summed E-state index contributed by atoms with van der Waals surface area (Å²) in [5, 5.41) is 1.35. The topological polar surface area (TPSA) is 52.2 Å². The molecule has 0 aliphatic carbocycles. The summed E-state index contributed by atoms with van der Waals surface area (Å²) in [4.78, 5) is 21.9. The van der Waals surface area contributed by atoms with E-state index < -0.39 is 0 Å². The summed E-state index contributed by atoms with van der Waals surface area (Å²) in [5.41, 5.74) is 4.37. The van der Waals surface area contributed by atoms with Crippen molar-refractivity contribution in [2.45, 2.75) is 13.8 Å². The quantitative estimate of drug-likeness (QED) is 0.374. The summed E-state index contributed by atoms with van der Waals surface area (Å²) >= 11 is 6.36. The third-order valence-corrected chi connectivity index (χ3v) is 5.19. The SMILES string of the molecule is Cc1cccc2cc(C=Nc3c(C)n(C)n(-c4ccccc4)c3=O)c(Cl)nc12. The molecule has 0 radical (unpaired) electrons. The van der Waals surface area contributed by atoms with Gasteiger partial charge in [0.2, 0.25) is 0 Å². The Balaban J connectivity index is 1.80. The molecule has 6 heteroatoms. The zero-order valence-electron chi connectivity index (χ0n) is 15.8. The van der Waals surface area contributed by atoms with Crippen LogP contribution in [-0.2, 0) is 7.05 Å². The van der Waals surface area contributed by atoms with E-state index >= 15 is 0 Å². The van der Waals surface area contributed by atoms with Gasteiger partial charge in [0.15, 0.2) is 5.69 Å². The highest BCUT2D eigenvalue weighted by atomic mass is 35.5. The molecule has 0 N–H and O–H groups in total. The van der Waals surface area contributed by atoms with Crippen LogP contribution in [-0.4, -0.2) is 20.6 Å². The number of hydrogen-bond donors (Lipinski definition) is 0. The van der Waals surface area contributed by atoms with E-state index in [0.29, 0.717) is 16.4 Å². The smallest absolute Gasteiger partial charge is 0.283 e. The van der Waals surface area contributed by atoms with Crippen LogP contribution in [0.15, 0.2) is 64.4 Å². The molecule has 2 aromatic carbocycles. The Morgan fingerprint density at radius 1 is 1.07 bits per heavy atom. The van der Waals surface area contributed by atoms with Gasteiger partial charge in [-0.05, 0) is 37.6 Å². The van der Waals surface area contributed by atoms with Crippen molar-refractivity contribution < 1.29 is 0 Å². The molecule has 0 spiro atoms. The number of halogens is 1. The van der Waals surface area contributed by atoms with Gasteiger partial charge in [-0.15, -0.1) is 0 Å². The van der Waals surface area contributed by atoms with Crippen molar-refractivity contribution in [1.29, 1.82) is 0 Å². The molecule has 0 fully saturated rings. The van der Waals surface area contributed by atoms with Crippen LogP contribution in [0.3, 0.4) is 0 Å². The molecule has 140 valence electrons. The van der Waals surface area contributed by atoms with Gasteiger partial charge in [0.25, 0.3) is 5.56 Å². The lowest BCUT2D eigenvalue weighted by molar-refractivity contribution is 0.630. The Kier molecular flexibility index (Phi) is 4.61. The maximum Gasteiger partial charge on any atom is 0.297 e. The van der Waals surface area contributed by atoms with Crippen LogP contribution >= 0.6 is 11.6 Å². The zero-order valence-corrected chi connectivity index (χ0v) is 16.6. The van der Waals surface area contributed by atoms with Crippen molar-refractivity contribution in [1.82, 2.24) is 14.3 Å². The molecule has 0 saturated heterocycles. The van der Waals surface area contributed by atoms with Crippen molar-refractivity contribution in [3.8, 4) is 5.69 Å². The molecule has 0 aliphatic heterocycles. The Hall–Kier alpha value is -3.18. The van der Waals surface area contributed by atoms with Crippen LogP contribution in [0.25, 0.3) is 16.6 Å². The molecule has 4 aromatic rings. The van der Waals surface area contributed by atoms with Crippen molar-refractivity contribution in [3.63, 3.8) is 0 Å². The van der Waals surface area contributed by atoms with E-state index in [1.165, 1.54) is 0 Å². The summed E-state index contributed by atoms with van der Waals surface area (Å²) in [7, 11) is 1.84. The molecule has 5 nitrogen and oxygen atoms in total. The second kappa shape index (κ2) is 7.09. The lowest BCUT2D eigenvalue weighted by atomic mass is 10.1. The summed E-state index contributed by atoms with van der Waals surface area (Å²) in [5.74, 6) is 0. The third-order valence-electron chi connectivity index (χ3n) is 4.88. The van der Waals surface area contributed by atoms with Crippen molar-refractivity contribution in [2.24, 2.45) is 12.0 Å². The second-order valence-electron chi connectivity index (χ2n) is 6.68.